The minimum absolute atomic E-state index is 0.113. The van der Waals surface area contributed by atoms with Crippen molar-refractivity contribution in [3.8, 4) is 5.75 Å². The predicted molar refractivity (Wildman–Crippen MR) is 80.9 cm³/mol. The fourth-order valence-electron chi connectivity index (χ4n) is 2.63. The standard InChI is InChI=1S/C17H25NO2/c1-2-14-8-10-16(11-9-14)20-13-12-17(19)18-15-6-4-3-5-7-15/h8-11,15H,2-7,12-13H2,1H3,(H,18,19). The highest BCUT2D eigenvalue weighted by molar-refractivity contribution is 5.76. The summed E-state index contributed by atoms with van der Waals surface area (Å²) in [7, 11) is 0. The van der Waals surface area contributed by atoms with Crippen molar-refractivity contribution in [3.05, 3.63) is 29.8 Å². The number of rotatable bonds is 6. The summed E-state index contributed by atoms with van der Waals surface area (Å²) in [5, 5.41) is 3.10. The summed E-state index contributed by atoms with van der Waals surface area (Å²) in [6.07, 6.45) is 7.52. The molecule has 0 spiro atoms. The van der Waals surface area contributed by atoms with E-state index in [1.807, 2.05) is 12.1 Å². The zero-order valence-corrected chi connectivity index (χ0v) is 12.4. The van der Waals surface area contributed by atoms with Crippen molar-refractivity contribution >= 4 is 5.91 Å². The highest BCUT2D eigenvalue weighted by atomic mass is 16.5. The molecule has 2 rings (SSSR count). The van der Waals surface area contributed by atoms with Gasteiger partial charge in [0.25, 0.3) is 0 Å². The van der Waals surface area contributed by atoms with Crippen LogP contribution >= 0.6 is 0 Å². The summed E-state index contributed by atoms with van der Waals surface area (Å²) in [5.41, 5.74) is 1.30. The number of hydrogen-bond donors (Lipinski definition) is 1. The van der Waals surface area contributed by atoms with Gasteiger partial charge in [-0.2, -0.15) is 0 Å². The Kier molecular flexibility index (Phi) is 5.90. The molecule has 1 N–H and O–H groups in total. The van der Waals surface area contributed by atoms with Gasteiger partial charge in [-0.3, -0.25) is 4.79 Å². The molecule has 0 heterocycles. The van der Waals surface area contributed by atoms with Gasteiger partial charge >= 0.3 is 0 Å². The number of aryl methyl sites for hydroxylation is 1. The van der Waals surface area contributed by atoms with Crippen LogP contribution in [0.15, 0.2) is 24.3 Å². The van der Waals surface area contributed by atoms with E-state index in [1.165, 1.54) is 24.8 Å². The van der Waals surface area contributed by atoms with Crippen LogP contribution in [0.2, 0.25) is 0 Å². The maximum Gasteiger partial charge on any atom is 0.223 e. The normalized spacial score (nSPS) is 15.8. The quantitative estimate of drug-likeness (QED) is 0.863. The van der Waals surface area contributed by atoms with Crippen molar-refractivity contribution < 1.29 is 9.53 Å². The minimum Gasteiger partial charge on any atom is -0.493 e. The Balaban J connectivity index is 1.65. The molecule has 0 bridgehead atoms. The zero-order chi connectivity index (χ0) is 14.2. The molecule has 1 aromatic carbocycles. The molecule has 1 aromatic rings. The molecule has 1 aliphatic rings. The third-order valence-corrected chi connectivity index (χ3v) is 3.90. The molecule has 1 aliphatic carbocycles. The van der Waals surface area contributed by atoms with Crippen LogP contribution in [-0.2, 0) is 11.2 Å². The zero-order valence-electron chi connectivity index (χ0n) is 12.4. The van der Waals surface area contributed by atoms with Gasteiger partial charge in [0.1, 0.15) is 5.75 Å². The van der Waals surface area contributed by atoms with Gasteiger partial charge in [-0.05, 0) is 37.0 Å². The van der Waals surface area contributed by atoms with Gasteiger partial charge < -0.3 is 10.1 Å². The van der Waals surface area contributed by atoms with E-state index in [-0.39, 0.29) is 5.91 Å². The topological polar surface area (TPSA) is 38.3 Å². The minimum atomic E-state index is 0.113. The smallest absolute Gasteiger partial charge is 0.223 e. The SMILES string of the molecule is CCc1ccc(OCCC(=O)NC2CCCCC2)cc1. The molecule has 110 valence electrons. The molecule has 0 aromatic heterocycles. The third-order valence-electron chi connectivity index (χ3n) is 3.90. The average molecular weight is 275 g/mol. The summed E-state index contributed by atoms with van der Waals surface area (Å²) in [4.78, 5) is 11.8. The van der Waals surface area contributed by atoms with Gasteiger partial charge in [0.15, 0.2) is 0 Å². The third kappa shape index (κ3) is 4.87. The first-order chi connectivity index (χ1) is 9.78. The van der Waals surface area contributed by atoms with Gasteiger partial charge in [-0.15, -0.1) is 0 Å². The Bertz CT molecular complexity index is 408. The predicted octanol–water partition coefficient (Wildman–Crippen LogP) is 3.47. The molecule has 0 saturated heterocycles. The van der Waals surface area contributed by atoms with Crippen LogP contribution in [-0.4, -0.2) is 18.6 Å². The fourth-order valence-corrected chi connectivity index (χ4v) is 2.63. The van der Waals surface area contributed by atoms with Crippen molar-refractivity contribution in [2.75, 3.05) is 6.61 Å². The van der Waals surface area contributed by atoms with E-state index in [1.54, 1.807) is 0 Å². The number of amides is 1. The molecule has 3 heteroatoms. The summed E-state index contributed by atoms with van der Waals surface area (Å²) in [5.74, 6) is 0.953. The largest absolute Gasteiger partial charge is 0.493 e. The second-order valence-corrected chi connectivity index (χ2v) is 5.50. The Labute approximate surface area is 121 Å². The van der Waals surface area contributed by atoms with Crippen molar-refractivity contribution in [2.45, 2.75) is 57.9 Å². The molecule has 1 saturated carbocycles. The number of ether oxygens (including phenoxy) is 1. The number of nitrogens with one attached hydrogen (secondary N) is 1. The van der Waals surface area contributed by atoms with Crippen LogP contribution in [0.5, 0.6) is 5.75 Å². The van der Waals surface area contributed by atoms with E-state index >= 15 is 0 Å². The van der Waals surface area contributed by atoms with E-state index in [9.17, 15) is 4.79 Å². The molecule has 0 aliphatic heterocycles. The monoisotopic (exact) mass is 275 g/mol. The van der Waals surface area contributed by atoms with Crippen LogP contribution in [0.1, 0.15) is 51.0 Å². The van der Waals surface area contributed by atoms with Gasteiger partial charge in [-0.25, -0.2) is 0 Å². The second kappa shape index (κ2) is 7.93. The lowest BCUT2D eigenvalue weighted by Crippen LogP contribution is -2.36. The molecule has 0 atom stereocenters. The lowest BCUT2D eigenvalue weighted by atomic mass is 9.95. The molecule has 3 nitrogen and oxygen atoms in total. The molecule has 0 radical (unpaired) electrons. The second-order valence-electron chi connectivity index (χ2n) is 5.50. The molecule has 0 unspecified atom stereocenters. The number of benzene rings is 1. The molecule has 1 fully saturated rings. The van der Waals surface area contributed by atoms with E-state index in [2.05, 4.69) is 24.4 Å². The summed E-state index contributed by atoms with van der Waals surface area (Å²) in [6, 6.07) is 8.46. The number of carbonyl (C=O) groups is 1. The number of hydrogen-bond acceptors (Lipinski definition) is 2. The Morgan fingerprint density at radius 2 is 1.90 bits per heavy atom. The van der Waals surface area contributed by atoms with Gasteiger partial charge in [0.2, 0.25) is 5.91 Å². The molecule has 20 heavy (non-hydrogen) atoms. The van der Waals surface area contributed by atoms with Crippen LogP contribution in [0.25, 0.3) is 0 Å². The van der Waals surface area contributed by atoms with E-state index in [4.69, 9.17) is 4.74 Å². The molecular weight excluding hydrogens is 250 g/mol. The highest BCUT2D eigenvalue weighted by Gasteiger charge is 2.15. The maximum atomic E-state index is 11.8. The lowest BCUT2D eigenvalue weighted by molar-refractivity contribution is -0.122. The molecule has 1 amide bonds. The van der Waals surface area contributed by atoms with Crippen LogP contribution in [0.3, 0.4) is 0 Å². The first-order valence-electron chi connectivity index (χ1n) is 7.79. The lowest BCUT2D eigenvalue weighted by Gasteiger charge is -2.22. The van der Waals surface area contributed by atoms with E-state index < -0.39 is 0 Å². The Morgan fingerprint density at radius 1 is 1.20 bits per heavy atom. The van der Waals surface area contributed by atoms with Crippen molar-refractivity contribution in [2.24, 2.45) is 0 Å². The van der Waals surface area contributed by atoms with E-state index in [0.717, 1.165) is 25.0 Å². The van der Waals surface area contributed by atoms with Crippen molar-refractivity contribution in [1.82, 2.24) is 5.32 Å². The summed E-state index contributed by atoms with van der Waals surface area (Å²) >= 11 is 0. The van der Waals surface area contributed by atoms with Gasteiger partial charge in [0.05, 0.1) is 13.0 Å². The Morgan fingerprint density at radius 3 is 2.55 bits per heavy atom. The van der Waals surface area contributed by atoms with Crippen LogP contribution in [0.4, 0.5) is 0 Å². The molecular formula is C17H25NO2. The van der Waals surface area contributed by atoms with Gasteiger partial charge in [0, 0.05) is 6.04 Å². The Hall–Kier alpha value is -1.51. The summed E-state index contributed by atoms with van der Waals surface area (Å²) < 4.78 is 5.60. The number of carbonyl (C=O) groups excluding carboxylic acids is 1. The average Bonchev–Trinajstić information content (AvgIpc) is 2.49. The first kappa shape index (κ1) is 14.9. The fraction of sp³-hybridized carbons (Fsp3) is 0.588. The first-order valence-corrected chi connectivity index (χ1v) is 7.79. The van der Waals surface area contributed by atoms with Crippen molar-refractivity contribution in [3.63, 3.8) is 0 Å². The van der Waals surface area contributed by atoms with Crippen LogP contribution in [0, 0.1) is 0 Å². The van der Waals surface area contributed by atoms with Gasteiger partial charge in [-0.1, -0.05) is 38.3 Å². The van der Waals surface area contributed by atoms with Crippen LogP contribution < -0.4 is 10.1 Å². The maximum absolute atomic E-state index is 11.8. The van der Waals surface area contributed by atoms with E-state index in [0.29, 0.717) is 19.1 Å². The highest BCUT2D eigenvalue weighted by Crippen LogP contribution is 2.17. The van der Waals surface area contributed by atoms with Crippen molar-refractivity contribution in [1.29, 1.82) is 0 Å². The summed E-state index contributed by atoms with van der Waals surface area (Å²) in [6.45, 7) is 2.58.